The number of hydrogen-bond donors (Lipinski definition) is 0. The van der Waals surface area contributed by atoms with Gasteiger partial charge in [-0.05, 0) is 12.5 Å². The molecule has 2 aromatic rings. The molecule has 0 bridgehead atoms. The van der Waals surface area contributed by atoms with Gasteiger partial charge in [-0.2, -0.15) is 0 Å². The Morgan fingerprint density at radius 1 is 1.21 bits per heavy atom. The summed E-state index contributed by atoms with van der Waals surface area (Å²) in [6, 6.07) is 9.96. The number of nitrogens with zero attached hydrogens (tertiary/aromatic N) is 3. The predicted octanol–water partition coefficient (Wildman–Crippen LogP) is 3.33. The first-order chi connectivity index (χ1) is 9.22. The minimum atomic E-state index is -0.348. The third kappa shape index (κ3) is 3.50. The first-order valence-corrected chi connectivity index (χ1v) is 7.16. The van der Waals surface area contributed by atoms with E-state index >= 15 is 0 Å². The average molecular weight is 324 g/mol. The summed E-state index contributed by atoms with van der Waals surface area (Å²) in [7, 11) is 0. The van der Waals surface area contributed by atoms with Gasteiger partial charge < -0.3 is 4.90 Å². The van der Waals surface area contributed by atoms with Crippen LogP contribution >= 0.6 is 15.9 Å². The first kappa shape index (κ1) is 13.9. The van der Waals surface area contributed by atoms with E-state index in [1.807, 2.05) is 35.2 Å². The van der Waals surface area contributed by atoms with Crippen molar-refractivity contribution >= 4 is 21.7 Å². The Kier molecular flexibility index (Phi) is 4.85. The van der Waals surface area contributed by atoms with Crippen LogP contribution in [-0.4, -0.2) is 21.8 Å². The molecule has 0 unspecified atom stereocenters. The Balaban J connectivity index is 2.27. The first-order valence-electron chi connectivity index (χ1n) is 6.04. The molecule has 3 nitrogen and oxygen atoms in total. The maximum atomic E-state index is 14.1. The van der Waals surface area contributed by atoms with Gasteiger partial charge in [0.2, 0.25) is 0 Å². The smallest absolute Gasteiger partial charge is 0.186 e. The van der Waals surface area contributed by atoms with Crippen LogP contribution in [0.1, 0.15) is 11.3 Å². The zero-order valence-electron chi connectivity index (χ0n) is 10.7. The minimum absolute atomic E-state index is 0.348. The van der Waals surface area contributed by atoms with Crippen molar-refractivity contribution in [1.82, 2.24) is 9.97 Å². The van der Waals surface area contributed by atoms with E-state index in [2.05, 4.69) is 25.9 Å². The van der Waals surface area contributed by atoms with Gasteiger partial charge in [-0.1, -0.05) is 46.3 Å². The van der Waals surface area contributed by atoms with E-state index in [0.717, 1.165) is 10.9 Å². The molecule has 0 radical (unpaired) electrons. The summed E-state index contributed by atoms with van der Waals surface area (Å²) in [6.45, 7) is 2.96. The number of hydrogen-bond acceptors (Lipinski definition) is 3. The van der Waals surface area contributed by atoms with Gasteiger partial charge >= 0.3 is 0 Å². The van der Waals surface area contributed by atoms with Crippen molar-refractivity contribution in [1.29, 1.82) is 0 Å². The Bertz CT molecular complexity index is 533. The monoisotopic (exact) mass is 323 g/mol. The lowest BCUT2D eigenvalue weighted by Crippen LogP contribution is -2.27. The molecule has 0 saturated heterocycles. The van der Waals surface area contributed by atoms with Gasteiger partial charge in [0.05, 0.1) is 5.69 Å². The molecule has 5 heteroatoms. The molecule has 0 spiro atoms. The Morgan fingerprint density at radius 3 is 2.63 bits per heavy atom. The molecule has 0 amide bonds. The summed E-state index contributed by atoms with van der Waals surface area (Å²) in [4.78, 5) is 9.85. The van der Waals surface area contributed by atoms with E-state index in [1.165, 1.54) is 6.33 Å². The number of anilines is 1. The molecule has 0 aliphatic rings. The van der Waals surface area contributed by atoms with Crippen LogP contribution in [-0.2, 0) is 6.54 Å². The van der Waals surface area contributed by atoms with Crippen LogP contribution in [0.2, 0.25) is 0 Å². The molecule has 1 heterocycles. The van der Waals surface area contributed by atoms with Crippen molar-refractivity contribution in [2.24, 2.45) is 0 Å². The van der Waals surface area contributed by atoms with Crippen molar-refractivity contribution in [3.05, 3.63) is 53.7 Å². The molecule has 0 saturated carbocycles. The topological polar surface area (TPSA) is 29.0 Å². The van der Waals surface area contributed by atoms with E-state index in [0.29, 0.717) is 24.6 Å². The number of alkyl halides is 1. The molecule has 19 heavy (non-hydrogen) atoms. The largest absolute Gasteiger partial charge is 0.349 e. The van der Waals surface area contributed by atoms with Gasteiger partial charge in [-0.15, -0.1) is 0 Å². The maximum absolute atomic E-state index is 14.1. The quantitative estimate of drug-likeness (QED) is 0.790. The summed E-state index contributed by atoms with van der Waals surface area (Å²) in [5.74, 6) is 0.00943. The SMILES string of the molecule is Cc1ncnc(N(CCBr)Cc2ccccc2)c1F. The average Bonchev–Trinajstić information content (AvgIpc) is 2.43. The lowest BCUT2D eigenvalue weighted by molar-refractivity contribution is 0.591. The number of aryl methyl sites for hydroxylation is 1. The van der Waals surface area contributed by atoms with E-state index in [9.17, 15) is 4.39 Å². The third-order valence-electron chi connectivity index (χ3n) is 2.82. The van der Waals surface area contributed by atoms with Gasteiger partial charge in [0, 0.05) is 18.4 Å². The highest BCUT2D eigenvalue weighted by Gasteiger charge is 2.15. The highest BCUT2D eigenvalue weighted by atomic mass is 79.9. The highest BCUT2D eigenvalue weighted by molar-refractivity contribution is 9.09. The van der Waals surface area contributed by atoms with Crippen molar-refractivity contribution in [2.45, 2.75) is 13.5 Å². The van der Waals surface area contributed by atoms with Crippen LogP contribution in [0, 0.1) is 12.7 Å². The van der Waals surface area contributed by atoms with Crippen molar-refractivity contribution in [3.63, 3.8) is 0 Å². The van der Waals surface area contributed by atoms with Crippen molar-refractivity contribution in [2.75, 3.05) is 16.8 Å². The van der Waals surface area contributed by atoms with E-state index in [1.54, 1.807) is 6.92 Å². The van der Waals surface area contributed by atoms with Crippen LogP contribution in [0.5, 0.6) is 0 Å². The summed E-state index contributed by atoms with van der Waals surface area (Å²) in [6.07, 6.45) is 1.40. The van der Waals surface area contributed by atoms with Gasteiger partial charge in [0.15, 0.2) is 11.6 Å². The van der Waals surface area contributed by atoms with E-state index < -0.39 is 0 Å². The molecular weight excluding hydrogens is 309 g/mol. The summed E-state index contributed by atoms with van der Waals surface area (Å²) in [5, 5.41) is 0.752. The van der Waals surface area contributed by atoms with Crippen molar-refractivity contribution in [3.8, 4) is 0 Å². The second-order valence-corrected chi connectivity index (χ2v) is 4.99. The van der Waals surface area contributed by atoms with Gasteiger partial charge in [-0.3, -0.25) is 0 Å². The predicted molar refractivity (Wildman–Crippen MR) is 78.0 cm³/mol. The molecule has 0 aliphatic heterocycles. The Hall–Kier alpha value is -1.49. The Labute approximate surface area is 120 Å². The summed E-state index contributed by atoms with van der Waals surface area (Å²) in [5.41, 5.74) is 1.50. The normalized spacial score (nSPS) is 10.5. The summed E-state index contributed by atoms with van der Waals surface area (Å²) >= 11 is 3.40. The molecule has 0 aliphatic carbocycles. The van der Waals surface area contributed by atoms with Crippen LogP contribution in [0.25, 0.3) is 0 Å². The number of aromatic nitrogens is 2. The molecule has 0 atom stereocenters. The maximum Gasteiger partial charge on any atom is 0.186 e. The van der Waals surface area contributed by atoms with Crippen LogP contribution in [0.3, 0.4) is 0 Å². The lowest BCUT2D eigenvalue weighted by atomic mass is 10.2. The molecule has 2 rings (SSSR count). The van der Waals surface area contributed by atoms with Crippen molar-refractivity contribution < 1.29 is 4.39 Å². The van der Waals surface area contributed by atoms with E-state index in [4.69, 9.17) is 0 Å². The van der Waals surface area contributed by atoms with Gasteiger partial charge in [0.1, 0.15) is 6.33 Å². The molecule has 1 aromatic carbocycles. The molecular formula is C14H15BrFN3. The molecule has 0 N–H and O–H groups in total. The Morgan fingerprint density at radius 2 is 1.95 bits per heavy atom. The van der Waals surface area contributed by atoms with Crippen LogP contribution < -0.4 is 4.90 Å². The summed E-state index contributed by atoms with van der Waals surface area (Å²) < 4.78 is 14.1. The number of halogens is 2. The molecule has 100 valence electrons. The van der Waals surface area contributed by atoms with Gasteiger partial charge in [-0.25, -0.2) is 14.4 Å². The highest BCUT2D eigenvalue weighted by Crippen LogP contribution is 2.19. The van der Waals surface area contributed by atoms with Crippen LogP contribution in [0.4, 0.5) is 10.2 Å². The van der Waals surface area contributed by atoms with Gasteiger partial charge in [0.25, 0.3) is 0 Å². The zero-order valence-corrected chi connectivity index (χ0v) is 12.3. The second-order valence-electron chi connectivity index (χ2n) is 4.19. The fourth-order valence-electron chi connectivity index (χ4n) is 1.83. The zero-order chi connectivity index (χ0) is 13.7. The minimum Gasteiger partial charge on any atom is -0.349 e. The molecule has 0 fully saturated rings. The standard InChI is InChI=1S/C14H15BrFN3/c1-11-13(16)14(18-10-17-11)19(8-7-15)9-12-5-3-2-4-6-12/h2-6,10H,7-9H2,1H3. The third-order valence-corrected chi connectivity index (χ3v) is 3.17. The second kappa shape index (κ2) is 6.61. The molecule has 1 aromatic heterocycles. The van der Waals surface area contributed by atoms with E-state index in [-0.39, 0.29) is 5.82 Å². The number of rotatable bonds is 5. The van der Waals surface area contributed by atoms with Crippen LogP contribution in [0.15, 0.2) is 36.7 Å². The number of benzene rings is 1. The lowest BCUT2D eigenvalue weighted by Gasteiger charge is -2.23. The fourth-order valence-corrected chi connectivity index (χ4v) is 2.26. The fraction of sp³-hybridized carbons (Fsp3) is 0.286.